The third-order valence-electron chi connectivity index (χ3n) is 2.87. The lowest BCUT2D eigenvalue weighted by atomic mass is 10.0. The Morgan fingerprint density at radius 1 is 0.900 bits per heavy atom. The number of rotatable bonds is 4. The van der Waals surface area contributed by atoms with Crippen LogP contribution in [0.3, 0.4) is 0 Å². The molecular formula is C14H10Br2ClNO2. The molecule has 0 N–H and O–H groups in total. The highest BCUT2D eigenvalue weighted by Crippen LogP contribution is 2.42. The Hall–Kier alpha value is -0.910. The number of benzene rings is 2. The molecule has 6 heteroatoms. The summed E-state index contributed by atoms with van der Waals surface area (Å²) in [4.78, 5) is 10.3. The van der Waals surface area contributed by atoms with Crippen LogP contribution in [0.1, 0.15) is 20.8 Å². The highest BCUT2D eigenvalue weighted by molar-refractivity contribution is 9.12. The van der Waals surface area contributed by atoms with Crippen LogP contribution in [0.4, 0.5) is 5.69 Å². The summed E-state index contributed by atoms with van der Waals surface area (Å²) in [6, 6.07) is 14.1. The van der Waals surface area contributed by atoms with E-state index < -0.39 is 4.92 Å². The Morgan fingerprint density at radius 3 is 1.70 bits per heavy atom. The van der Waals surface area contributed by atoms with Crippen LogP contribution >= 0.6 is 43.5 Å². The molecule has 0 bridgehead atoms. The van der Waals surface area contributed by atoms with Crippen LogP contribution in [0, 0.1) is 10.1 Å². The molecule has 2 atom stereocenters. The van der Waals surface area contributed by atoms with Crippen LogP contribution in [-0.4, -0.2) is 4.92 Å². The number of alkyl halides is 2. The zero-order chi connectivity index (χ0) is 14.7. The van der Waals surface area contributed by atoms with Crippen molar-refractivity contribution >= 4 is 49.1 Å². The average molecular weight is 420 g/mol. The van der Waals surface area contributed by atoms with E-state index in [0.29, 0.717) is 5.02 Å². The Labute approximate surface area is 138 Å². The number of nitro benzene ring substituents is 1. The smallest absolute Gasteiger partial charge is 0.258 e. The van der Waals surface area contributed by atoms with Gasteiger partial charge in [-0.2, -0.15) is 0 Å². The van der Waals surface area contributed by atoms with Crippen molar-refractivity contribution in [3.63, 3.8) is 0 Å². The number of hydrogen-bond acceptors (Lipinski definition) is 2. The second-order valence-corrected chi connectivity index (χ2v) is 6.61. The minimum Gasteiger partial charge on any atom is -0.258 e. The van der Waals surface area contributed by atoms with Gasteiger partial charge in [0.1, 0.15) is 0 Å². The van der Waals surface area contributed by atoms with Crippen molar-refractivity contribution in [2.24, 2.45) is 0 Å². The maximum Gasteiger partial charge on any atom is 0.269 e. The molecule has 0 saturated carbocycles. The van der Waals surface area contributed by atoms with E-state index in [9.17, 15) is 10.1 Å². The van der Waals surface area contributed by atoms with Crippen molar-refractivity contribution in [3.05, 3.63) is 74.8 Å². The minimum atomic E-state index is -0.405. The molecule has 0 heterocycles. The second kappa shape index (κ2) is 6.70. The lowest BCUT2D eigenvalue weighted by Gasteiger charge is -2.17. The summed E-state index contributed by atoms with van der Waals surface area (Å²) in [6.45, 7) is 0. The van der Waals surface area contributed by atoms with Gasteiger partial charge in [0.25, 0.3) is 5.69 Å². The van der Waals surface area contributed by atoms with Crippen molar-refractivity contribution in [3.8, 4) is 0 Å². The van der Waals surface area contributed by atoms with Crippen molar-refractivity contribution in [1.29, 1.82) is 0 Å². The van der Waals surface area contributed by atoms with Crippen LogP contribution in [0.2, 0.25) is 5.02 Å². The lowest BCUT2D eigenvalue weighted by Crippen LogP contribution is -1.99. The first-order chi connectivity index (χ1) is 9.49. The van der Waals surface area contributed by atoms with Gasteiger partial charge in [0.15, 0.2) is 0 Å². The van der Waals surface area contributed by atoms with Crippen molar-refractivity contribution in [2.75, 3.05) is 0 Å². The average Bonchev–Trinajstić information content (AvgIpc) is 2.46. The van der Waals surface area contributed by atoms with Crippen molar-refractivity contribution in [1.82, 2.24) is 0 Å². The van der Waals surface area contributed by atoms with E-state index in [0.717, 1.165) is 11.1 Å². The predicted octanol–water partition coefficient (Wildman–Crippen LogP) is 5.82. The standard InChI is InChI=1S/C14H10Br2ClNO2/c15-13(9-1-5-11(17)6-2-9)14(16)10-3-7-12(8-4-10)18(19)20/h1-8,13-14H/t13-,14+/m0/s1. The molecule has 0 fully saturated rings. The first-order valence-corrected chi connectivity index (χ1v) is 7.98. The van der Waals surface area contributed by atoms with Crippen LogP contribution in [0.15, 0.2) is 48.5 Å². The summed E-state index contributed by atoms with van der Waals surface area (Å²) in [5.74, 6) is 0. The highest BCUT2D eigenvalue weighted by atomic mass is 79.9. The number of nitro groups is 1. The molecule has 0 radical (unpaired) electrons. The molecule has 0 aliphatic rings. The van der Waals surface area contributed by atoms with Crippen LogP contribution in [-0.2, 0) is 0 Å². The molecule has 2 aromatic carbocycles. The maximum atomic E-state index is 10.6. The fraction of sp³-hybridized carbons (Fsp3) is 0.143. The molecule has 0 unspecified atom stereocenters. The van der Waals surface area contributed by atoms with Gasteiger partial charge in [0.05, 0.1) is 14.6 Å². The normalized spacial score (nSPS) is 13.8. The van der Waals surface area contributed by atoms with Gasteiger partial charge in [-0.05, 0) is 23.3 Å². The highest BCUT2D eigenvalue weighted by Gasteiger charge is 2.20. The molecule has 0 amide bonds. The first-order valence-electron chi connectivity index (χ1n) is 5.77. The molecular weight excluding hydrogens is 409 g/mol. The monoisotopic (exact) mass is 417 g/mol. The molecule has 0 aliphatic carbocycles. The fourth-order valence-corrected chi connectivity index (χ4v) is 3.11. The van der Waals surface area contributed by atoms with E-state index >= 15 is 0 Å². The number of halogens is 3. The zero-order valence-corrected chi connectivity index (χ0v) is 14.1. The van der Waals surface area contributed by atoms with E-state index in [1.807, 2.05) is 24.3 Å². The quantitative estimate of drug-likeness (QED) is 0.356. The second-order valence-electron chi connectivity index (χ2n) is 4.20. The van der Waals surface area contributed by atoms with Gasteiger partial charge in [0.2, 0.25) is 0 Å². The van der Waals surface area contributed by atoms with Gasteiger partial charge in [-0.3, -0.25) is 10.1 Å². The number of non-ortho nitro benzene ring substituents is 1. The van der Waals surface area contributed by atoms with Crippen molar-refractivity contribution < 1.29 is 4.92 Å². The van der Waals surface area contributed by atoms with Crippen LogP contribution < -0.4 is 0 Å². The number of nitrogens with zero attached hydrogens (tertiary/aromatic N) is 1. The largest absolute Gasteiger partial charge is 0.269 e. The minimum absolute atomic E-state index is 0.00415. The summed E-state index contributed by atoms with van der Waals surface area (Å²) in [6.07, 6.45) is 0. The van der Waals surface area contributed by atoms with E-state index in [4.69, 9.17) is 11.6 Å². The zero-order valence-electron chi connectivity index (χ0n) is 10.2. The lowest BCUT2D eigenvalue weighted by molar-refractivity contribution is -0.384. The SMILES string of the molecule is O=[N+]([O-])c1ccc([C@@H](Br)[C@@H](Br)c2ccc(Cl)cc2)cc1. The number of hydrogen-bond donors (Lipinski definition) is 0. The van der Waals surface area contributed by atoms with E-state index in [2.05, 4.69) is 31.9 Å². The molecule has 0 aromatic heterocycles. The van der Waals surface area contributed by atoms with E-state index in [-0.39, 0.29) is 15.3 Å². The van der Waals surface area contributed by atoms with Crippen LogP contribution in [0.5, 0.6) is 0 Å². The molecule has 2 rings (SSSR count). The fourth-order valence-electron chi connectivity index (χ4n) is 1.76. The third-order valence-corrected chi connectivity index (χ3v) is 5.94. The molecule has 3 nitrogen and oxygen atoms in total. The summed E-state index contributed by atoms with van der Waals surface area (Å²) in [7, 11) is 0. The van der Waals surface area contributed by atoms with Crippen LogP contribution in [0.25, 0.3) is 0 Å². The summed E-state index contributed by atoms with van der Waals surface area (Å²) >= 11 is 13.1. The van der Waals surface area contributed by atoms with Gasteiger partial charge >= 0.3 is 0 Å². The van der Waals surface area contributed by atoms with E-state index in [1.165, 1.54) is 12.1 Å². The Balaban J connectivity index is 2.19. The Kier molecular flexibility index (Phi) is 5.18. The molecule has 2 aromatic rings. The van der Waals surface area contributed by atoms with Gasteiger partial charge in [-0.25, -0.2) is 0 Å². The van der Waals surface area contributed by atoms with Gasteiger partial charge in [0, 0.05) is 17.2 Å². The third kappa shape index (κ3) is 3.59. The topological polar surface area (TPSA) is 43.1 Å². The first kappa shape index (κ1) is 15.5. The summed E-state index contributed by atoms with van der Waals surface area (Å²) in [5, 5.41) is 11.3. The molecule has 0 saturated heterocycles. The maximum absolute atomic E-state index is 10.6. The molecule has 104 valence electrons. The Bertz CT molecular complexity index is 602. The molecule has 20 heavy (non-hydrogen) atoms. The molecule has 0 aliphatic heterocycles. The van der Waals surface area contributed by atoms with Gasteiger partial charge in [-0.15, -0.1) is 0 Å². The Morgan fingerprint density at radius 2 is 1.30 bits per heavy atom. The van der Waals surface area contributed by atoms with E-state index in [1.54, 1.807) is 12.1 Å². The van der Waals surface area contributed by atoms with Gasteiger partial charge < -0.3 is 0 Å². The summed E-state index contributed by atoms with van der Waals surface area (Å²) < 4.78 is 0. The predicted molar refractivity (Wildman–Crippen MR) is 87.9 cm³/mol. The van der Waals surface area contributed by atoms with Crippen molar-refractivity contribution in [2.45, 2.75) is 9.65 Å². The molecule has 0 spiro atoms. The summed E-state index contributed by atoms with van der Waals surface area (Å²) in [5.41, 5.74) is 2.13. The van der Waals surface area contributed by atoms with Gasteiger partial charge in [-0.1, -0.05) is 67.7 Å².